The van der Waals surface area contributed by atoms with Crippen molar-refractivity contribution in [2.75, 3.05) is 13.2 Å². The van der Waals surface area contributed by atoms with Crippen molar-refractivity contribution < 1.29 is 24.2 Å². The number of aliphatic hydroxyl groups is 1. The number of aliphatic hydroxyl groups excluding tert-OH is 1. The highest BCUT2D eigenvalue weighted by Gasteiger charge is 2.27. The van der Waals surface area contributed by atoms with E-state index in [9.17, 15) is 19.5 Å². The van der Waals surface area contributed by atoms with E-state index in [2.05, 4.69) is 28.8 Å². The smallest absolute Gasteiger partial charge is 0.309 e. The Hall–Kier alpha value is -4.95. The van der Waals surface area contributed by atoms with Crippen molar-refractivity contribution >= 4 is 28.7 Å². The summed E-state index contributed by atoms with van der Waals surface area (Å²) in [6.45, 7) is 7.35. The average Bonchev–Trinajstić information content (AvgIpc) is 3.49. The summed E-state index contributed by atoms with van der Waals surface area (Å²) < 4.78 is 5.86. The van der Waals surface area contributed by atoms with Crippen LogP contribution in [0.5, 0.6) is 0 Å². The number of hydrogen-bond acceptors (Lipinski definition) is 5. The molecule has 4 N–H and O–H groups in total. The van der Waals surface area contributed by atoms with Crippen LogP contribution in [-0.2, 0) is 38.4 Å². The number of H-pyrrole nitrogens is 1. The number of para-hydroxylation sites is 1. The molecule has 0 aliphatic carbocycles. The van der Waals surface area contributed by atoms with Gasteiger partial charge in [0.1, 0.15) is 6.61 Å². The molecular weight excluding hydrogens is 590 g/mol. The molecule has 0 aliphatic heterocycles. The molecule has 0 fully saturated rings. The van der Waals surface area contributed by atoms with Crippen molar-refractivity contribution in [2.45, 2.75) is 50.6 Å². The third kappa shape index (κ3) is 10.8. The maximum Gasteiger partial charge on any atom is 0.309 e. The number of aromatic amines is 1. The van der Waals surface area contributed by atoms with Gasteiger partial charge in [-0.1, -0.05) is 91.0 Å². The van der Waals surface area contributed by atoms with Gasteiger partial charge in [-0.25, -0.2) is 0 Å². The molecule has 1 heterocycles. The molecule has 246 valence electrons. The van der Waals surface area contributed by atoms with Gasteiger partial charge in [0.05, 0.1) is 30.5 Å². The summed E-state index contributed by atoms with van der Waals surface area (Å²) in [5, 5.41) is 16.8. The third-order valence-corrected chi connectivity index (χ3v) is 8.19. The minimum absolute atomic E-state index is 0.0385. The maximum atomic E-state index is 13.7. The van der Waals surface area contributed by atoms with Crippen LogP contribution < -0.4 is 10.6 Å². The Balaban J connectivity index is 1.45. The SMILES string of the molecule is C=CC[C@H](CC(=O)N[C@@H](CO)Cc1ccccc1)C(=O)N[C@H](COC(=O)[C@@H](CC=C)Cc1ccccc1)Cc1c[nH]c2ccccc12. The van der Waals surface area contributed by atoms with Crippen LogP contribution in [0, 0.1) is 11.8 Å². The summed E-state index contributed by atoms with van der Waals surface area (Å²) in [7, 11) is 0. The number of benzene rings is 3. The number of hydrogen-bond donors (Lipinski definition) is 4. The topological polar surface area (TPSA) is 121 Å². The summed E-state index contributed by atoms with van der Waals surface area (Å²) in [5.41, 5.74) is 3.95. The Kier molecular flexibility index (Phi) is 13.6. The molecule has 0 saturated carbocycles. The molecule has 4 aromatic rings. The molecule has 3 aromatic carbocycles. The first kappa shape index (κ1) is 34.9. The summed E-state index contributed by atoms with van der Waals surface area (Å²) in [6.07, 6.45) is 7.28. The number of nitrogens with one attached hydrogen (secondary N) is 3. The van der Waals surface area contributed by atoms with Crippen molar-refractivity contribution in [3.8, 4) is 0 Å². The van der Waals surface area contributed by atoms with Crippen molar-refractivity contribution in [1.29, 1.82) is 0 Å². The fraction of sp³-hybridized carbons (Fsp3) is 0.308. The second-order valence-electron chi connectivity index (χ2n) is 11.9. The number of esters is 1. The molecule has 0 saturated heterocycles. The molecular formula is C39H45N3O5. The Bertz CT molecular complexity index is 1600. The zero-order valence-electron chi connectivity index (χ0n) is 26.8. The fourth-order valence-corrected chi connectivity index (χ4v) is 5.75. The minimum atomic E-state index is -0.698. The Labute approximate surface area is 276 Å². The van der Waals surface area contributed by atoms with Crippen LogP contribution in [-0.4, -0.2) is 53.2 Å². The normalized spacial score (nSPS) is 13.6. The molecule has 4 atom stereocenters. The quantitative estimate of drug-likeness (QED) is 0.0804. The van der Waals surface area contributed by atoms with Gasteiger partial charge in [0.25, 0.3) is 0 Å². The second kappa shape index (κ2) is 18.3. The van der Waals surface area contributed by atoms with E-state index in [0.717, 1.165) is 27.6 Å². The monoisotopic (exact) mass is 635 g/mol. The van der Waals surface area contributed by atoms with Crippen LogP contribution in [0.1, 0.15) is 36.0 Å². The number of ether oxygens (including phenoxy) is 1. The van der Waals surface area contributed by atoms with Crippen molar-refractivity contribution in [2.24, 2.45) is 11.8 Å². The van der Waals surface area contributed by atoms with E-state index in [1.54, 1.807) is 12.2 Å². The zero-order valence-corrected chi connectivity index (χ0v) is 26.8. The van der Waals surface area contributed by atoms with Crippen LogP contribution >= 0.6 is 0 Å². The van der Waals surface area contributed by atoms with Gasteiger partial charge in [-0.3, -0.25) is 14.4 Å². The first-order valence-corrected chi connectivity index (χ1v) is 16.1. The molecule has 0 spiro atoms. The van der Waals surface area contributed by atoms with Gasteiger partial charge in [-0.05, 0) is 54.9 Å². The van der Waals surface area contributed by atoms with E-state index in [0.29, 0.717) is 25.7 Å². The Morgan fingerprint density at radius 3 is 2.04 bits per heavy atom. The maximum absolute atomic E-state index is 13.7. The van der Waals surface area contributed by atoms with Crippen molar-refractivity contribution in [3.63, 3.8) is 0 Å². The van der Waals surface area contributed by atoms with E-state index in [1.807, 2.05) is 91.1 Å². The summed E-state index contributed by atoms with van der Waals surface area (Å²) >= 11 is 0. The number of allylic oxidation sites excluding steroid dienone is 2. The molecule has 0 unspecified atom stereocenters. The van der Waals surface area contributed by atoms with Crippen LogP contribution in [0.3, 0.4) is 0 Å². The summed E-state index contributed by atoms with van der Waals surface area (Å²) in [6, 6.07) is 26.2. The standard InChI is InChI=1S/C39H45N3O5/c1-3-13-30(24-37(44)41-33(26-43)22-29-17-9-6-10-18-29)38(45)42-34(23-32-25-40-36-20-12-11-19-35(32)36)27-47-39(46)31(14-4-2)21-28-15-7-5-8-16-28/h3-12,15-20,25,30-31,33-34,40,43H,1-2,13-14,21-24,26-27H2,(H,41,44)(H,42,45)/t30-,31+,33-,34+/m1/s1. The van der Waals surface area contributed by atoms with Crippen LogP contribution in [0.4, 0.5) is 0 Å². The molecule has 1 aromatic heterocycles. The van der Waals surface area contributed by atoms with E-state index in [4.69, 9.17) is 4.74 Å². The lowest BCUT2D eigenvalue weighted by Gasteiger charge is -2.24. The highest BCUT2D eigenvalue weighted by molar-refractivity contribution is 5.87. The number of fused-ring (bicyclic) bond motifs is 1. The highest BCUT2D eigenvalue weighted by atomic mass is 16.5. The van der Waals surface area contributed by atoms with E-state index in [1.165, 1.54) is 0 Å². The number of amides is 2. The molecule has 0 aliphatic rings. The largest absolute Gasteiger partial charge is 0.463 e. The fourth-order valence-electron chi connectivity index (χ4n) is 5.75. The zero-order chi connectivity index (χ0) is 33.4. The Morgan fingerprint density at radius 1 is 0.766 bits per heavy atom. The first-order chi connectivity index (χ1) is 22.9. The molecule has 2 amide bonds. The second-order valence-corrected chi connectivity index (χ2v) is 11.9. The van der Waals surface area contributed by atoms with E-state index >= 15 is 0 Å². The molecule has 8 nitrogen and oxygen atoms in total. The Morgan fingerprint density at radius 2 is 1.38 bits per heavy atom. The number of rotatable bonds is 19. The predicted molar refractivity (Wildman–Crippen MR) is 185 cm³/mol. The summed E-state index contributed by atoms with van der Waals surface area (Å²) in [4.78, 5) is 43.3. The van der Waals surface area contributed by atoms with Gasteiger partial charge in [-0.15, -0.1) is 13.2 Å². The van der Waals surface area contributed by atoms with Crippen molar-refractivity contribution in [3.05, 3.63) is 133 Å². The number of carbonyl (C=O) groups excluding carboxylic acids is 3. The molecule has 4 rings (SSSR count). The lowest BCUT2D eigenvalue weighted by Crippen LogP contribution is -2.45. The van der Waals surface area contributed by atoms with Gasteiger partial charge in [0, 0.05) is 23.5 Å². The summed E-state index contributed by atoms with van der Waals surface area (Å²) in [5.74, 6) is -2.14. The van der Waals surface area contributed by atoms with Crippen LogP contribution in [0.2, 0.25) is 0 Å². The van der Waals surface area contributed by atoms with Gasteiger partial charge >= 0.3 is 5.97 Å². The minimum Gasteiger partial charge on any atom is -0.463 e. The third-order valence-electron chi connectivity index (χ3n) is 8.19. The van der Waals surface area contributed by atoms with E-state index < -0.39 is 23.9 Å². The van der Waals surface area contributed by atoms with Gasteiger partial charge in [-0.2, -0.15) is 0 Å². The van der Waals surface area contributed by atoms with E-state index in [-0.39, 0.29) is 43.8 Å². The van der Waals surface area contributed by atoms with Gasteiger partial charge < -0.3 is 25.5 Å². The number of aromatic nitrogens is 1. The predicted octanol–water partition coefficient (Wildman–Crippen LogP) is 5.48. The molecule has 47 heavy (non-hydrogen) atoms. The molecule has 0 radical (unpaired) electrons. The highest BCUT2D eigenvalue weighted by Crippen LogP contribution is 2.21. The van der Waals surface area contributed by atoms with Gasteiger partial charge in [0.2, 0.25) is 11.8 Å². The van der Waals surface area contributed by atoms with Crippen LogP contribution in [0.25, 0.3) is 10.9 Å². The lowest BCUT2D eigenvalue weighted by molar-refractivity contribution is -0.149. The van der Waals surface area contributed by atoms with Gasteiger partial charge in [0.15, 0.2) is 0 Å². The first-order valence-electron chi connectivity index (χ1n) is 16.1. The lowest BCUT2D eigenvalue weighted by atomic mass is 9.96. The molecule has 8 heteroatoms. The van der Waals surface area contributed by atoms with Crippen molar-refractivity contribution in [1.82, 2.24) is 15.6 Å². The number of carbonyl (C=O) groups is 3. The van der Waals surface area contributed by atoms with Crippen LogP contribution in [0.15, 0.2) is 116 Å². The average molecular weight is 636 g/mol. The molecule has 0 bridgehead atoms.